The average molecular weight is 555 g/mol. The molecule has 0 unspecified atom stereocenters. The van der Waals surface area contributed by atoms with Gasteiger partial charge in [-0.25, -0.2) is 0 Å². The van der Waals surface area contributed by atoms with E-state index < -0.39 is 35.2 Å². The predicted octanol–water partition coefficient (Wildman–Crippen LogP) is 5.93. The summed E-state index contributed by atoms with van der Waals surface area (Å²) in [4.78, 5) is 26.5. The highest BCUT2D eigenvalue weighted by Crippen LogP contribution is 2.42. The first-order valence-electron chi connectivity index (χ1n) is 12.0. The third-order valence-corrected chi connectivity index (χ3v) is 14.0. The maximum atomic E-state index is 14.1. The van der Waals surface area contributed by atoms with Crippen molar-refractivity contribution in [2.75, 3.05) is 0 Å². The van der Waals surface area contributed by atoms with Crippen LogP contribution in [-0.2, 0) is 23.0 Å². The number of halogens is 3. The highest BCUT2D eigenvalue weighted by Gasteiger charge is 2.50. The first kappa shape index (κ1) is 27.4. The molecule has 0 fully saturated rings. The Hall–Kier alpha value is -2.66. The molecule has 6 nitrogen and oxygen atoms in total. The van der Waals surface area contributed by atoms with Gasteiger partial charge in [0.05, 0.1) is 10.9 Å². The van der Waals surface area contributed by atoms with Crippen molar-refractivity contribution in [1.29, 1.82) is 0 Å². The Morgan fingerprint density at radius 1 is 1.05 bits per heavy atom. The number of hydrogen-bond acceptors (Lipinski definition) is 6. The molecule has 0 N–H and O–H groups in total. The van der Waals surface area contributed by atoms with E-state index in [4.69, 9.17) is 4.42 Å². The van der Waals surface area contributed by atoms with Crippen molar-refractivity contribution in [1.82, 2.24) is 0 Å². The molecule has 0 spiro atoms. The number of carbonyl (C=O) groups excluding carboxylic acids is 2. The van der Waals surface area contributed by atoms with Gasteiger partial charge in [0, 0.05) is 17.5 Å². The molecule has 0 radical (unpaired) electrons. The summed E-state index contributed by atoms with van der Waals surface area (Å²) >= 11 is 0. The molecule has 1 aromatic carbocycles. The van der Waals surface area contributed by atoms with E-state index in [1.165, 1.54) is 6.07 Å². The fourth-order valence-electron chi connectivity index (χ4n) is 4.78. The van der Waals surface area contributed by atoms with E-state index in [9.17, 15) is 31.2 Å². The van der Waals surface area contributed by atoms with Crippen LogP contribution in [0.5, 0.6) is 5.75 Å². The van der Waals surface area contributed by atoms with Crippen molar-refractivity contribution < 1.29 is 39.8 Å². The van der Waals surface area contributed by atoms with Crippen LogP contribution in [0, 0.1) is 0 Å². The molecule has 1 heterocycles. The summed E-state index contributed by atoms with van der Waals surface area (Å²) in [5.41, 5.74) is -3.45. The topological polar surface area (TPSA) is 90.7 Å². The lowest BCUT2D eigenvalue weighted by atomic mass is 9.90. The molecule has 0 saturated carbocycles. The smallest absolute Gasteiger partial charge is 0.462 e. The van der Waals surface area contributed by atoms with Crippen LogP contribution in [0.2, 0.25) is 18.1 Å². The Labute approximate surface area is 215 Å². The van der Waals surface area contributed by atoms with E-state index in [0.717, 1.165) is 29.0 Å². The van der Waals surface area contributed by atoms with Crippen LogP contribution >= 0.6 is 0 Å². The number of ketones is 2. The maximum Gasteiger partial charge on any atom is 0.534 e. The molecular formula is C26H29F3O6SSi. The van der Waals surface area contributed by atoms with Gasteiger partial charge in [-0.1, -0.05) is 39.9 Å². The second-order valence-corrected chi connectivity index (χ2v) is 17.9. The highest BCUT2D eigenvalue weighted by atomic mass is 32.2. The van der Waals surface area contributed by atoms with Gasteiger partial charge in [-0.05, 0) is 60.1 Å². The largest absolute Gasteiger partial charge is 0.534 e. The van der Waals surface area contributed by atoms with Crippen molar-refractivity contribution in [3.05, 3.63) is 51.8 Å². The van der Waals surface area contributed by atoms with Crippen molar-refractivity contribution >= 4 is 40.7 Å². The number of Topliss-reactive ketones (excluding diaryl/α,β-unsaturated/α-hetero) is 1. The summed E-state index contributed by atoms with van der Waals surface area (Å²) in [6.07, 6.45) is 3.48. The normalized spacial score (nSPS) is 16.4. The molecule has 4 rings (SSSR count). The Balaban J connectivity index is 1.98. The minimum absolute atomic E-state index is 0.0511. The number of rotatable bonds is 5. The number of furan rings is 1. The fourth-order valence-corrected chi connectivity index (χ4v) is 7.29. The summed E-state index contributed by atoms with van der Waals surface area (Å²) in [7, 11) is -8.36. The molecule has 37 heavy (non-hydrogen) atoms. The van der Waals surface area contributed by atoms with Crippen LogP contribution in [0.3, 0.4) is 0 Å². The molecular weight excluding hydrogens is 525 g/mol. The second-order valence-electron chi connectivity index (χ2n) is 11.1. The minimum atomic E-state index is -6.06. The quantitative estimate of drug-likeness (QED) is 0.197. The third kappa shape index (κ3) is 4.39. The molecule has 0 aliphatic heterocycles. The zero-order chi connectivity index (χ0) is 27.7. The summed E-state index contributed by atoms with van der Waals surface area (Å²) < 4.78 is 74.0. The Bertz CT molecular complexity index is 1460. The molecule has 0 bridgehead atoms. The first-order chi connectivity index (χ1) is 16.9. The van der Waals surface area contributed by atoms with Crippen molar-refractivity contribution in [3.8, 4) is 5.75 Å². The second kappa shape index (κ2) is 8.69. The third-order valence-electron chi connectivity index (χ3n) is 7.78. The molecule has 0 saturated heterocycles. The lowest BCUT2D eigenvalue weighted by molar-refractivity contribution is -0.0500. The van der Waals surface area contributed by atoms with Gasteiger partial charge in [-0.15, -0.1) is 0 Å². The lowest BCUT2D eigenvalue weighted by Crippen LogP contribution is -2.50. The first-order valence-corrected chi connectivity index (χ1v) is 16.4. The SMILES string of the molecule is CC1=CCCc2c([Si](C)(C)C(C)(C)C)oc(C(=O)c3c(OS(=O)(=O)C(F)(F)F)ccc4c3CCC4=O)c21. The Morgan fingerprint density at radius 3 is 2.30 bits per heavy atom. The van der Waals surface area contributed by atoms with Crippen LogP contribution in [0.1, 0.15) is 83.7 Å². The predicted molar refractivity (Wildman–Crippen MR) is 136 cm³/mol. The average Bonchev–Trinajstić information content (AvgIpc) is 3.33. The molecule has 0 atom stereocenters. The van der Waals surface area contributed by atoms with Gasteiger partial charge in [0.1, 0.15) is 8.07 Å². The number of carbonyl (C=O) groups is 2. The van der Waals surface area contributed by atoms with Gasteiger partial charge >= 0.3 is 15.6 Å². The van der Waals surface area contributed by atoms with Crippen molar-refractivity contribution in [2.45, 2.75) is 77.0 Å². The van der Waals surface area contributed by atoms with Gasteiger partial charge in [0.25, 0.3) is 0 Å². The number of fused-ring (bicyclic) bond motifs is 2. The molecule has 2 aliphatic carbocycles. The van der Waals surface area contributed by atoms with Crippen LogP contribution < -0.4 is 9.57 Å². The van der Waals surface area contributed by atoms with E-state index in [-0.39, 0.29) is 46.1 Å². The molecule has 2 aliphatic rings. The van der Waals surface area contributed by atoms with Crippen LogP contribution in [-0.4, -0.2) is 33.6 Å². The van der Waals surface area contributed by atoms with E-state index in [1.54, 1.807) is 0 Å². The summed E-state index contributed by atoms with van der Waals surface area (Å²) in [6, 6.07) is 2.14. The minimum Gasteiger partial charge on any atom is -0.462 e. The highest BCUT2D eigenvalue weighted by molar-refractivity contribution is 7.88. The maximum absolute atomic E-state index is 14.1. The monoisotopic (exact) mass is 554 g/mol. The molecule has 0 amide bonds. The zero-order valence-corrected chi connectivity index (χ0v) is 23.4. The molecule has 11 heteroatoms. The number of alkyl halides is 3. The van der Waals surface area contributed by atoms with E-state index in [2.05, 4.69) is 38.0 Å². The van der Waals surface area contributed by atoms with Crippen LogP contribution in [0.4, 0.5) is 13.2 Å². The van der Waals surface area contributed by atoms with Gasteiger partial charge in [-0.3, -0.25) is 9.59 Å². The van der Waals surface area contributed by atoms with E-state index in [0.29, 0.717) is 12.0 Å². The number of allylic oxidation sites excluding steroid dienone is 2. The Morgan fingerprint density at radius 2 is 1.70 bits per heavy atom. The van der Waals surface area contributed by atoms with E-state index >= 15 is 0 Å². The van der Waals surface area contributed by atoms with Gasteiger partial charge in [0.2, 0.25) is 5.78 Å². The van der Waals surface area contributed by atoms with Crippen molar-refractivity contribution in [2.24, 2.45) is 0 Å². The number of hydrogen-bond donors (Lipinski definition) is 0. The standard InChI is InChI=1S/C26H29F3O6SSi/c1-14-8-7-9-17-20(14)23(34-24(17)37(5,6)25(2,3)4)22(31)21-16-10-12-18(30)15(16)11-13-19(21)35-36(32,33)26(27,28)29/h8,11,13H,7,9-10,12H2,1-6H3. The van der Waals surface area contributed by atoms with Gasteiger partial charge in [0.15, 0.2) is 17.3 Å². The lowest BCUT2D eigenvalue weighted by Gasteiger charge is -2.35. The van der Waals surface area contributed by atoms with Crippen molar-refractivity contribution in [3.63, 3.8) is 0 Å². The van der Waals surface area contributed by atoms with Gasteiger partial charge in [-0.2, -0.15) is 21.6 Å². The van der Waals surface area contributed by atoms with Crippen LogP contribution in [0.15, 0.2) is 22.6 Å². The Kier molecular flexibility index (Phi) is 6.43. The summed E-state index contributed by atoms with van der Waals surface area (Å²) in [5, 5.41) is 0.601. The molecule has 1 aromatic heterocycles. The number of benzene rings is 1. The zero-order valence-electron chi connectivity index (χ0n) is 21.6. The summed E-state index contributed by atoms with van der Waals surface area (Å²) in [5.74, 6) is -1.92. The molecule has 200 valence electrons. The fraction of sp³-hybridized carbons (Fsp3) is 0.462. The van der Waals surface area contributed by atoms with Crippen LogP contribution in [0.25, 0.3) is 5.57 Å². The van der Waals surface area contributed by atoms with Gasteiger partial charge < -0.3 is 8.60 Å². The van der Waals surface area contributed by atoms with E-state index in [1.807, 2.05) is 13.0 Å². The summed E-state index contributed by atoms with van der Waals surface area (Å²) in [6.45, 7) is 12.4. The molecule has 2 aromatic rings.